The molecule has 2 aliphatic rings. The minimum atomic E-state index is -3.90. The Kier molecular flexibility index (Phi) is 5.17. The molecule has 2 aromatic heterocycles. The monoisotopic (exact) mass is 491 g/mol. The van der Waals surface area contributed by atoms with Crippen LogP contribution in [0.1, 0.15) is 50.2 Å². The minimum Gasteiger partial charge on any atom is -0.495 e. The Hall–Kier alpha value is -2.01. The highest BCUT2D eigenvalue weighted by Crippen LogP contribution is 2.58. The van der Waals surface area contributed by atoms with Crippen molar-refractivity contribution in [1.82, 2.24) is 14.6 Å². The molecule has 2 fully saturated rings. The summed E-state index contributed by atoms with van der Waals surface area (Å²) in [6.45, 7) is 4.32. The highest BCUT2D eigenvalue weighted by molar-refractivity contribution is 7.93. The average Bonchev–Trinajstić information content (AvgIpc) is 3.70. The molecule has 178 valence electrons. The fourth-order valence-corrected chi connectivity index (χ4v) is 7.15. The van der Waals surface area contributed by atoms with Crippen LogP contribution in [0.5, 0.6) is 5.75 Å². The number of hydrogen-bond acceptors (Lipinski definition) is 8. The number of methoxy groups -OCH3 is 1. The molecule has 33 heavy (non-hydrogen) atoms. The Morgan fingerprint density at radius 1 is 1.21 bits per heavy atom. The number of hydrogen-bond donors (Lipinski definition) is 2. The molecule has 0 bridgehead atoms. The van der Waals surface area contributed by atoms with Crippen molar-refractivity contribution in [2.24, 2.45) is 11.8 Å². The summed E-state index contributed by atoms with van der Waals surface area (Å²) in [5.74, 6) is 0.724. The zero-order valence-corrected chi connectivity index (χ0v) is 20.8. The van der Waals surface area contributed by atoms with Gasteiger partial charge in [-0.05, 0) is 76.5 Å². The fraction of sp³-hybridized carbons (Fsp3) is 0.565. The van der Waals surface area contributed by atoms with E-state index in [0.29, 0.717) is 21.2 Å². The van der Waals surface area contributed by atoms with Gasteiger partial charge in [0.1, 0.15) is 21.3 Å². The Labute approximate surface area is 197 Å². The van der Waals surface area contributed by atoms with Crippen molar-refractivity contribution < 1.29 is 23.4 Å². The number of benzene rings is 1. The predicted molar refractivity (Wildman–Crippen MR) is 125 cm³/mol. The number of ether oxygens (including phenoxy) is 1. The van der Waals surface area contributed by atoms with E-state index in [2.05, 4.69) is 4.98 Å². The molecule has 8 nitrogen and oxygen atoms in total. The number of aliphatic hydroxyl groups excluding tert-OH is 1. The third-order valence-corrected chi connectivity index (χ3v) is 10.5. The lowest BCUT2D eigenvalue weighted by molar-refractivity contribution is -0.0111. The quantitative estimate of drug-likeness (QED) is 0.497. The Balaban J connectivity index is 1.65. The summed E-state index contributed by atoms with van der Waals surface area (Å²) in [5.41, 5.74) is 1.14. The lowest BCUT2D eigenvalue weighted by Crippen LogP contribution is -2.36. The molecule has 0 radical (unpaired) electrons. The predicted octanol–water partition coefficient (Wildman–Crippen LogP) is 3.33. The number of nitrogens with zero attached hydrogens (tertiary/aromatic N) is 3. The number of rotatable bonds is 8. The van der Waals surface area contributed by atoms with Gasteiger partial charge in [0, 0.05) is 5.56 Å². The van der Waals surface area contributed by atoms with E-state index in [9.17, 15) is 18.6 Å². The number of sulfone groups is 1. The van der Waals surface area contributed by atoms with E-state index in [1.54, 1.807) is 22.7 Å². The molecule has 0 spiro atoms. The summed E-state index contributed by atoms with van der Waals surface area (Å²) >= 11 is 1.41. The third-order valence-electron chi connectivity index (χ3n) is 6.95. The van der Waals surface area contributed by atoms with Crippen LogP contribution in [-0.2, 0) is 15.4 Å². The number of aliphatic hydroxyl groups is 2. The SMILES string of the molecule is COc1ccc(-c2c(C)nc3sc(C(O)(C4CC4)C4CC4)nn23)cc1S(=O)(=O)C(C)(C)CO. The van der Waals surface area contributed by atoms with E-state index in [1.165, 1.54) is 32.3 Å². The van der Waals surface area contributed by atoms with E-state index >= 15 is 0 Å². The van der Waals surface area contributed by atoms with Crippen LogP contribution in [0.15, 0.2) is 23.1 Å². The first-order valence-electron chi connectivity index (χ1n) is 11.2. The van der Waals surface area contributed by atoms with E-state index in [4.69, 9.17) is 9.84 Å². The second-order valence-corrected chi connectivity index (χ2v) is 13.3. The largest absolute Gasteiger partial charge is 0.495 e. The molecule has 2 N–H and O–H groups in total. The molecular formula is C23H29N3O5S2. The van der Waals surface area contributed by atoms with Gasteiger partial charge in [0.25, 0.3) is 0 Å². The van der Waals surface area contributed by atoms with Crippen LogP contribution in [0.2, 0.25) is 0 Å². The van der Waals surface area contributed by atoms with Crippen LogP contribution in [0.25, 0.3) is 16.2 Å². The molecule has 2 saturated carbocycles. The van der Waals surface area contributed by atoms with Gasteiger partial charge in [-0.15, -0.1) is 0 Å². The van der Waals surface area contributed by atoms with Crippen molar-refractivity contribution in [3.63, 3.8) is 0 Å². The zero-order chi connectivity index (χ0) is 23.8. The molecule has 2 heterocycles. The van der Waals surface area contributed by atoms with Gasteiger partial charge in [-0.3, -0.25) is 0 Å². The van der Waals surface area contributed by atoms with Crippen LogP contribution in [0.3, 0.4) is 0 Å². The van der Waals surface area contributed by atoms with Crippen LogP contribution >= 0.6 is 11.3 Å². The first kappa shape index (κ1) is 22.8. The average molecular weight is 492 g/mol. The van der Waals surface area contributed by atoms with Crippen LogP contribution in [-0.4, -0.2) is 51.7 Å². The zero-order valence-electron chi connectivity index (χ0n) is 19.2. The molecule has 2 aliphatic carbocycles. The van der Waals surface area contributed by atoms with Crippen molar-refractivity contribution in [1.29, 1.82) is 0 Å². The van der Waals surface area contributed by atoms with Crippen molar-refractivity contribution in [3.05, 3.63) is 28.9 Å². The summed E-state index contributed by atoms with van der Waals surface area (Å²) in [5, 5.41) is 26.7. The van der Waals surface area contributed by atoms with E-state index in [1.807, 2.05) is 6.92 Å². The lowest BCUT2D eigenvalue weighted by Gasteiger charge is -2.25. The van der Waals surface area contributed by atoms with Gasteiger partial charge < -0.3 is 14.9 Å². The van der Waals surface area contributed by atoms with Gasteiger partial charge in [-0.25, -0.2) is 17.9 Å². The fourth-order valence-electron chi connectivity index (χ4n) is 4.49. The topological polar surface area (TPSA) is 114 Å². The lowest BCUT2D eigenvalue weighted by atomic mass is 9.93. The number of fused-ring (bicyclic) bond motifs is 1. The molecule has 0 saturated heterocycles. The van der Waals surface area contributed by atoms with Gasteiger partial charge >= 0.3 is 0 Å². The third kappa shape index (κ3) is 3.41. The summed E-state index contributed by atoms with van der Waals surface area (Å²) in [6.07, 6.45) is 4.06. The smallest absolute Gasteiger partial charge is 0.213 e. The van der Waals surface area contributed by atoms with Crippen molar-refractivity contribution in [2.75, 3.05) is 13.7 Å². The summed E-state index contributed by atoms with van der Waals surface area (Å²) in [4.78, 5) is 5.36. The molecule has 0 amide bonds. The molecule has 10 heteroatoms. The van der Waals surface area contributed by atoms with Gasteiger partial charge in [0.15, 0.2) is 9.84 Å². The van der Waals surface area contributed by atoms with Gasteiger partial charge in [-0.2, -0.15) is 5.10 Å². The van der Waals surface area contributed by atoms with Gasteiger partial charge in [0.05, 0.1) is 29.9 Å². The van der Waals surface area contributed by atoms with Crippen molar-refractivity contribution >= 4 is 26.1 Å². The first-order valence-corrected chi connectivity index (χ1v) is 13.5. The Bertz CT molecular complexity index is 1320. The van der Waals surface area contributed by atoms with Crippen molar-refractivity contribution in [3.8, 4) is 17.0 Å². The maximum Gasteiger partial charge on any atom is 0.213 e. The van der Waals surface area contributed by atoms with Crippen LogP contribution in [0.4, 0.5) is 0 Å². The van der Waals surface area contributed by atoms with E-state index < -0.39 is 26.8 Å². The molecule has 5 rings (SSSR count). The second-order valence-electron chi connectivity index (χ2n) is 9.81. The van der Waals surface area contributed by atoms with Crippen LogP contribution in [0, 0.1) is 18.8 Å². The van der Waals surface area contributed by atoms with Gasteiger partial charge in [-0.1, -0.05) is 11.3 Å². The van der Waals surface area contributed by atoms with Gasteiger partial charge in [0.2, 0.25) is 4.96 Å². The number of aryl methyl sites for hydroxylation is 1. The van der Waals surface area contributed by atoms with E-state index in [-0.39, 0.29) is 22.5 Å². The molecule has 1 aromatic carbocycles. The highest BCUT2D eigenvalue weighted by atomic mass is 32.2. The molecule has 0 unspecified atom stereocenters. The normalized spacial score (nSPS) is 17.6. The van der Waals surface area contributed by atoms with Crippen LogP contribution < -0.4 is 4.74 Å². The molecule has 0 aliphatic heterocycles. The Morgan fingerprint density at radius 3 is 2.39 bits per heavy atom. The van der Waals surface area contributed by atoms with Crippen molar-refractivity contribution in [2.45, 2.75) is 61.7 Å². The summed E-state index contributed by atoms with van der Waals surface area (Å²) in [6, 6.07) is 4.97. The Morgan fingerprint density at radius 2 is 1.85 bits per heavy atom. The first-order chi connectivity index (χ1) is 15.5. The summed E-state index contributed by atoms with van der Waals surface area (Å²) < 4.78 is 32.3. The second kappa shape index (κ2) is 7.49. The maximum absolute atomic E-state index is 13.3. The molecule has 0 atom stereocenters. The highest BCUT2D eigenvalue weighted by Gasteiger charge is 2.56. The van der Waals surface area contributed by atoms with E-state index in [0.717, 1.165) is 31.4 Å². The molecule has 3 aromatic rings. The number of imidazole rings is 1. The number of aromatic nitrogens is 3. The maximum atomic E-state index is 13.3. The molecular weight excluding hydrogens is 462 g/mol. The summed E-state index contributed by atoms with van der Waals surface area (Å²) in [7, 11) is -2.48. The minimum absolute atomic E-state index is 0.0128. The standard InChI is InChI=1S/C23H29N3O5S2/c1-13-19(14-5-10-17(31-4)18(11-14)33(29,30)22(2,3)12-27)26-21(24-13)32-20(25-26)23(28,15-6-7-15)16-8-9-16/h5,10-11,15-16,27-28H,6-9,12H2,1-4H3.